The van der Waals surface area contributed by atoms with Crippen LogP contribution in [0, 0.1) is 5.92 Å². The highest BCUT2D eigenvalue weighted by Gasteiger charge is 2.27. The van der Waals surface area contributed by atoms with Crippen LogP contribution in [0.25, 0.3) is 11.3 Å². The zero-order valence-corrected chi connectivity index (χ0v) is 20.0. The van der Waals surface area contributed by atoms with E-state index in [0.717, 1.165) is 29.7 Å². The van der Waals surface area contributed by atoms with Gasteiger partial charge in [-0.2, -0.15) is 0 Å². The average Bonchev–Trinajstić information content (AvgIpc) is 3.67. The fraction of sp³-hybridized carbons (Fsp3) is 0.308. The molecule has 2 amide bonds. The lowest BCUT2D eigenvalue weighted by Crippen LogP contribution is -2.30. The van der Waals surface area contributed by atoms with Crippen LogP contribution in [-0.2, 0) is 22.7 Å². The number of pyridine rings is 2. The molecule has 0 bridgehead atoms. The molecule has 1 saturated carbocycles. The molecule has 176 valence electrons. The number of amides is 2. The lowest BCUT2D eigenvalue weighted by molar-refractivity contribution is -0.116. The van der Waals surface area contributed by atoms with Crippen molar-refractivity contribution in [3.8, 4) is 11.3 Å². The normalized spacial score (nSPS) is 12.9. The van der Waals surface area contributed by atoms with E-state index in [0.29, 0.717) is 47.6 Å². The molecule has 0 unspecified atom stereocenters. The third-order valence-corrected chi connectivity index (χ3v) is 6.01. The topological polar surface area (TPSA) is 84.4 Å². The number of nitrogens with zero attached hydrogens (tertiary/aromatic N) is 3. The van der Waals surface area contributed by atoms with Crippen molar-refractivity contribution in [2.75, 3.05) is 18.6 Å². The number of anilines is 1. The SMILES string of the molecule is COCc1ccc(CNC(=O)c2ccc(-c3ccc(N(CC4CC4)C(C)=O)c(Cl)c3)nc2)cn1. The van der Waals surface area contributed by atoms with E-state index < -0.39 is 0 Å². The van der Waals surface area contributed by atoms with E-state index in [9.17, 15) is 9.59 Å². The van der Waals surface area contributed by atoms with Crippen LogP contribution in [-0.4, -0.2) is 35.4 Å². The Kier molecular flexibility index (Phi) is 7.55. The molecule has 1 aliphatic rings. The van der Waals surface area contributed by atoms with E-state index in [1.165, 1.54) is 0 Å². The molecular weight excluding hydrogens is 452 g/mol. The van der Waals surface area contributed by atoms with Crippen molar-refractivity contribution in [1.29, 1.82) is 0 Å². The lowest BCUT2D eigenvalue weighted by atomic mass is 10.1. The van der Waals surface area contributed by atoms with Gasteiger partial charge in [0.1, 0.15) is 0 Å². The van der Waals surface area contributed by atoms with Crippen molar-refractivity contribution >= 4 is 29.1 Å². The molecule has 0 saturated heterocycles. The maximum atomic E-state index is 12.5. The van der Waals surface area contributed by atoms with Gasteiger partial charge in [0.2, 0.25) is 5.91 Å². The summed E-state index contributed by atoms with van der Waals surface area (Å²) in [5.41, 5.74) is 4.42. The van der Waals surface area contributed by atoms with E-state index in [4.69, 9.17) is 16.3 Å². The molecule has 3 aromatic rings. The van der Waals surface area contributed by atoms with Crippen LogP contribution in [0.15, 0.2) is 54.9 Å². The number of rotatable bonds is 9. The fourth-order valence-corrected chi connectivity index (χ4v) is 3.90. The fourth-order valence-electron chi connectivity index (χ4n) is 3.62. The van der Waals surface area contributed by atoms with E-state index in [1.54, 1.807) is 43.5 Å². The summed E-state index contributed by atoms with van der Waals surface area (Å²) in [4.78, 5) is 35.1. The van der Waals surface area contributed by atoms with Crippen LogP contribution < -0.4 is 10.2 Å². The molecule has 0 radical (unpaired) electrons. The molecule has 1 aromatic carbocycles. The first-order valence-corrected chi connectivity index (χ1v) is 11.6. The largest absolute Gasteiger partial charge is 0.378 e. The highest BCUT2D eigenvalue weighted by atomic mass is 35.5. The molecule has 4 rings (SSSR count). The van der Waals surface area contributed by atoms with Crippen LogP contribution in [0.2, 0.25) is 5.02 Å². The lowest BCUT2D eigenvalue weighted by Gasteiger charge is -2.22. The van der Waals surface area contributed by atoms with Crippen LogP contribution in [0.4, 0.5) is 5.69 Å². The second-order valence-corrected chi connectivity index (χ2v) is 8.85. The van der Waals surface area contributed by atoms with Gasteiger partial charge < -0.3 is 15.0 Å². The molecule has 0 spiro atoms. The Balaban J connectivity index is 1.40. The molecule has 1 aliphatic carbocycles. The number of methoxy groups -OCH3 is 1. The van der Waals surface area contributed by atoms with Crippen molar-refractivity contribution < 1.29 is 14.3 Å². The maximum Gasteiger partial charge on any atom is 0.253 e. The van der Waals surface area contributed by atoms with E-state index >= 15 is 0 Å². The average molecular weight is 479 g/mol. The number of halogens is 1. The van der Waals surface area contributed by atoms with E-state index in [1.807, 2.05) is 30.3 Å². The van der Waals surface area contributed by atoms with Crippen LogP contribution >= 0.6 is 11.6 Å². The first-order chi connectivity index (χ1) is 16.4. The molecule has 2 heterocycles. The van der Waals surface area contributed by atoms with Gasteiger partial charge in [-0.05, 0) is 54.7 Å². The van der Waals surface area contributed by atoms with Gasteiger partial charge in [-0.25, -0.2) is 0 Å². The zero-order valence-electron chi connectivity index (χ0n) is 19.3. The Morgan fingerprint density at radius 1 is 1.12 bits per heavy atom. The van der Waals surface area contributed by atoms with Crippen LogP contribution in [0.3, 0.4) is 0 Å². The highest BCUT2D eigenvalue weighted by molar-refractivity contribution is 6.34. The van der Waals surface area contributed by atoms with E-state index in [2.05, 4.69) is 15.3 Å². The second kappa shape index (κ2) is 10.8. The molecule has 0 aliphatic heterocycles. The monoisotopic (exact) mass is 478 g/mol. The number of benzene rings is 1. The maximum absolute atomic E-state index is 12.5. The molecular formula is C26H27ClN4O3. The van der Waals surface area contributed by atoms with Crippen molar-refractivity contribution in [3.05, 3.63) is 76.7 Å². The van der Waals surface area contributed by atoms with Crippen LogP contribution in [0.5, 0.6) is 0 Å². The molecule has 8 heteroatoms. The second-order valence-electron chi connectivity index (χ2n) is 8.44. The quantitative estimate of drug-likeness (QED) is 0.484. The number of hydrogen-bond donors (Lipinski definition) is 1. The van der Waals surface area contributed by atoms with Gasteiger partial charge in [0, 0.05) is 45.1 Å². The first-order valence-electron chi connectivity index (χ1n) is 11.2. The Morgan fingerprint density at radius 3 is 2.53 bits per heavy atom. The van der Waals surface area contributed by atoms with Gasteiger partial charge in [-0.1, -0.05) is 23.7 Å². The number of nitrogens with one attached hydrogen (secondary N) is 1. The van der Waals surface area contributed by atoms with Crippen molar-refractivity contribution in [3.63, 3.8) is 0 Å². The van der Waals surface area contributed by atoms with Gasteiger partial charge in [-0.15, -0.1) is 0 Å². The van der Waals surface area contributed by atoms with Gasteiger partial charge in [0.15, 0.2) is 0 Å². The Labute approximate surface area is 204 Å². The summed E-state index contributed by atoms with van der Waals surface area (Å²) in [7, 11) is 1.62. The minimum atomic E-state index is -0.217. The van der Waals surface area contributed by atoms with Gasteiger partial charge in [0.25, 0.3) is 5.91 Å². The summed E-state index contributed by atoms with van der Waals surface area (Å²) in [5, 5.41) is 3.38. The summed E-state index contributed by atoms with van der Waals surface area (Å²) in [6.45, 7) is 3.08. The Bertz CT molecular complexity index is 1160. The van der Waals surface area contributed by atoms with E-state index in [-0.39, 0.29) is 11.8 Å². The molecule has 0 atom stereocenters. The van der Waals surface area contributed by atoms with Crippen molar-refractivity contribution in [2.45, 2.75) is 32.9 Å². The summed E-state index contributed by atoms with van der Waals surface area (Å²) in [5.74, 6) is 0.327. The zero-order chi connectivity index (χ0) is 24.1. The number of carbonyl (C=O) groups excluding carboxylic acids is 2. The highest BCUT2D eigenvalue weighted by Crippen LogP contribution is 2.35. The molecule has 2 aromatic heterocycles. The standard InChI is InChI=1S/C26H27ClN4O3/c1-17(32)31(15-18-3-4-18)25-10-7-20(11-23(25)27)24-9-6-21(14-29-24)26(33)30-13-19-5-8-22(16-34-2)28-12-19/h5-12,14,18H,3-4,13,15-16H2,1-2H3,(H,30,33). The Morgan fingerprint density at radius 2 is 1.94 bits per heavy atom. The predicted molar refractivity (Wildman–Crippen MR) is 132 cm³/mol. The minimum Gasteiger partial charge on any atom is -0.378 e. The smallest absolute Gasteiger partial charge is 0.253 e. The van der Waals surface area contributed by atoms with Crippen molar-refractivity contribution in [2.24, 2.45) is 5.92 Å². The van der Waals surface area contributed by atoms with Gasteiger partial charge in [-0.3, -0.25) is 19.6 Å². The third-order valence-electron chi connectivity index (χ3n) is 5.71. The molecule has 7 nitrogen and oxygen atoms in total. The summed E-state index contributed by atoms with van der Waals surface area (Å²) in [6.07, 6.45) is 5.57. The number of aromatic nitrogens is 2. The molecule has 34 heavy (non-hydrogen) atoms. The van der Waals surface area contributed by atoms with Crippen LogP contribution in [0.1, 0.15) is 41.4 Å². The summed E-state index contributed by atoms with van der Waals surface area (Å²) >= 11 is 6.53. The number of ether oxygens (including phenoxy) is 1. The first kappa shape index (κ1) is 23.9. The molecule has 1 fully saturated rings. The number of hydrogen-bond acceptors (Lipinski definition) is 5. The minimum absolute atomic E-state index is 0.0169. The molecule has 1 N–H and O–H groups in total. The van der Waals surface area contributed by atoms with Crippen molar-refractivity contribution in [1.82, 2.24) is 15.3 Å². The van der Waals surface area contributed by atoms with Gasteiger partial charge in [0.05, 0.1) is 34.3 Å². The predicted octanol–water partition coefficient (Wildman–Crippen LogP) is 4.64. The third kappa shape index (κ3) is 5.98. The summed E-state index contributed by atoms with van der Waals surface area (Å²) in [6, 6.07) is 12.9. The summed E-state index contributed by atoms with van der Waals surface area (Å²) < 4.78 is 5.05. The van der Waals surface area contributed by atoms with Gasteiger partial charge >= 0.3 is 0 Å². The Hall–Kier alpha value is -3.29. The number of carbonyl (C=O) groups is 2.